The van der Waals surface area contributed by atoms with Crippen molar-refractivity contribution in [3.05, 3.63) is 0 Å². The lowest BCUT2D eigenvalue weighted by Gasteiger charge is -2.53. The van der Waals surface area contributed by atoms with E-state index < -0.39 is 0 Å². The van der Waals surface area contributed by atoms with Crippen LogP contribution in [0.2, 0.25) is 0 Å². The van der Waals surface area contributed by atoms with Gasteiger partial charge in [-0.1, -0.05) is 26.7 Å². The Balaban J connectivity index is 2.10. The second-order valence-electron chi connectivity index (χ2n) is 5.95. The molecule has 0 aromatic heterocycles. The largest absolute Gasteiger partial charge is 0.378 e. The molecule has 0 heterocycles. The Bertz CT molecular complexity index is 237. The lowest BCUT2D eigenvalue weighted by atomic mass is 9.61. The zero-order chi connectivity index (χ0) is 14.1. The molecule has 2 nitrogen and oxygen atoms in total. The van der Waals surface area contributed by atoms with Crippen LogP contribution in [0, 0.1) is 5.41 Å². The lowest BCUT2D eigenvalue weighted by molar-refractivity contribution is -0.125. The molecule has 1 N–H and O–H groups in total. The molecule has 0 aromatic rings. The first kappa shape index (κ1) is 17.3. The van der Waals surface area contributed by atoms with Crippen molar-refractivity contribution in [3.8, 4) is 0 Å². The molecule has 0 bridgehead atoms. The van der Waals surface area contributed by atoms with Crippen LogP contribution >= 0.6 is 11.8 Å². The molecule has 0 spiro atoms. The van der Waals surface area contributed by atoms with Gasteiger partial charge in [-0.2, -0.15) is 11.8 Å². The van der Waals surface area contributed by atoms with Gasteiger partial charge in [-0.25, -0.2) is 0 Å². The van der Waals surface area contributed by atoms with Gasteiger partial charge in [0.25, 0.3) is 0 Å². The second-order valence-corrected chi connectivity index (χ2v) is 6.94. The fourth-order valence-electron chi connectivity index (χ4n) is 3.07. The zero-order valence-electron chi connectivity index (χ0n) is 13.3. The number of unbranched alkanes of at least 4 members (excludes halogenated alkanes) is 3. The zero-order valence-corrected chi connectivity index (χ0v) is 14.2. The van der Waals surface area contributed by atoms with Crippen LogP contribution in [-0.4, -0.2) is 37.3 Å². The summed E-state index contributed by atoms with van der Waals surface area (Å²) in [7, 11) is 0. The molecule has 0 amide bonds. The van der Waals surface area contributed by atoms with E-state index in [9.17, 15) is 0 Å². The fraction of sp³-hybridized carbons (Fsp3) is 1.00. The SMILES string of the molecule is CCOC1CC(NCCCCCCSC)C1(C)CC. The number of thioether (sulfide) groups is 1. The van der Waals surface area contributed by atoms with E-state index in [1.54, 1.807) is 0 Å². The van der Waals surface area contributed by atoms with Crippen LogP contribution in [0.4, 0.5) is 0 Å². The van der Waals surface area contributed by atoms with Gasteiger partial charge in [0.1, 0.15) is 0 Å². The van der Waals surface area contributed by atoms with E-state index in [-0.39, 0.29) is 0 Å². The summed E-state index contributed by atoms with van der Waals surface area (Å²) in [5, 5.41) is 3.75. The molecule has 0 radical (unpaired) electrons. The predicted molar refractivity (Wildman–Crippen MR) is 87.1 cm³/mol. The van der Waals surface area contributed by atoms with Gasteiger partial charge >= 0.3 is 0 Å². The van der Waals surface area contributed by atoms with E-state index in [0.29, 0.717) is 17.6 Å². The summed E-state index contributed by atoms with van der Waals surface area (Å²) < 4.78 is 5.84. The van der Waals surface area contributed by atoms with Crippen molar-refractivity contribution >= 4 is 11.8 Å². The second kappa shape index (κ2) is 9.25. The molecule has 1 fully saturated rings. The molecule has 0 aliphatic heterocycles. The molecule has 3 unspecified atom stereocenters. The highest BCUT2D eigenvalue weighted by Crippen LogP contribution is 2.45. The summed E-state index contributed by atoms with van der Waals surface area (Å²) in [5.74, 6) is 1.32. The Morgan fingerprint density at radius 3 is 2.58 bits per heavy atom. The molecule has 1 aliphatic carbocycles. The maximum Gasteiger partial charge on any atom is 0.0658 e. The van der Waals surface area contributed by atoms with Crippen LogP contribution in [0.25, 0.3) is 0 Å². The van der Waals surface area contributed by atoms with Crippen molar-refractivity contribution in [1.29, 1.82) is 0 Å². The minimum absolute atomic E-state index is 0.356. The maximum atomic E-state index is 5.84. The fourth-order valence-corrected chi connectivity index (χ4v) is 3.56. The monoisotopic (exact) mass is 287 g/mol. The highest BCUT2D eigenvalue weighted by molar-refractivity contribution is 7.98. The topological polar surface area (TPSA) is 21.3 Å². The number of nitrogens with one attached hydrogen (secondary N) is 1. The Hall–Kier alpha value is 0.270. The molecule has 1 aliphatic rings. The van der Waals surface area contributed by atoms with Crippen LogP contribution in [0.5, 0.6) is 0 Å². The molecule has 114 valence electrons. The summed E-state index contributed by atoms with van der Waals surface area (Å²) in [6.45, 7) is 8.81. The van der Waals surface area contributed by atoms with Crippen LogP contribution in [0.3, 0.4) is 0 Å². The van der Waals surface area contributed by atoms with Crippen molar-refractivity contribution in [2.24, 2.45) is 5.41 Å². The van der Waals surface area contributed by atoms with Gasteiger partial charge < -0.3 is 10.1 Å². The third-order valence-electron chi connectivity index (χ3n) is 4.78. The summed E-state index contributed by atoms with van der Waals surface area (Å²) in [4.78, 5) is 0. The van der Waals surface area contributed by atoms with E-state index in [0.717, 1.165) is 6.61 Å². The van der Waals surface area contributed by atoms with Crippen LogP contribution < -0.4 is 5.32 Å². The van der Waals surface area contributed by atoms with Crippen molar-refractivity contribution in [1.82, 2.24) is 5.32 Å². The van der Waals surface area contributed by atoms with Crippen LogP contribution in [0.15, 0.2) is 0 Å². The van der Waals surface area contributed by atoms with Gasteiger partial charge in [0.05, 0.1) is 6.10 Å². The van der Waals surface area contributed by atoms with Gasteiger partial charge in [-0.3, -0.25) is 0 Å². The highest BCUT2D eigenvalue weighted by Gasteiger charge is 2.50. The Morgan fingerprint density at radius 2 is 1.95 bits per heavy atom. The van der Waals surface area contributed by atoms with E-state index in [1.807, 2.05) is 11.8 Å². The normalized spacial score (nSPS) is 30.3. The first-order valence-corrected chi connectivity index (χ1v) is 9.42. The van der Waals surface area contributed by atoms with Crippen molar-refractivity contribution in [3.63, 3.8) is 0 Å². The highest BCUT2D eigenvalue weighted by atomic mass is 32.2. The van der Waals surface area contributed by atoms with Crippen molar-refractivity contribution in [2.75, 3.05) is 25.2 Å². The average molecular weight is 288 g/mol. The first-order valence-electron chi connectivity index (χ1n) is 8.03. The van der Waals surface area contributed by atoms with E-state index in [1.165, 1.54) is 50.8 Å². The quantitative estimate of drug-likeness (QED) is 0.578. The third-order valence-corrected chi connectivity index (χ3v) is 5.47. The minimum Gasteiger partial charge on any atom is -0.378 e. The Labute approximate surface area is 124 Å². The lowest BCUT2D eigenvalue weighted by Crippen LogP contribution is -2.62. The summed E-state index contributed by atoms with van der Waals surface area (Å²) >= 11 is 1.96. The molecule has 3 atom stereocenters. The Kier molecular flexibility index (Phi) is 8.43. The van der Waals surface area contributed by atoms with E-state index >= 15 is 0 Å². The number of rotatable bonds is 11. The third kappa shape index (κ3) is 4.95. The standard InChI is InChI=1S/C16H33NOS/c1-5-16(3)14(13-15(16)18-6-2)17-11-9-7-8-10-12-19-4/h14-15,17H,5-13H2,1-4H3. The molecular formula is C16H33NOS. The van der Waals surface area contributed by atoms with Gasteiger partial charge in [0.15, 0.2) is 0 Å². The Morgan fingerprint density at radius 1 is 1.21 bits per heavy atom. The summed E-state index contributed by atoms with van der Waals surface area (Å²) in [6, 6.07) is 0.667. The molecule has 19 heavy (non-hydrogen) atoms. The summed E-state index contributed by atoms with van der Waals surface area (Å²) in [6.07, 6.45) is 10.5. The molecule has 0 aromatic carbocycles. The van der Waals surface area contributed by atoms with Gasteiger partial charge in [0, 0.05) is 18.1 Å². The van der Waals surface area contributed by atoms with Crippen LogP contribution in [0.1, 0.15) is 59.3 Å². The maximum absolute atomic E-state index is 5.84. The first-order chi connectivity index (χ1) is 9.19. The minimum atomic E-state index is 0.356. The predicted octanol–water partition coefficient (Wildman–Crippen LogP) is 4.09. The van der Waals surface area contributed by atoms with Gasteiger partial charge in [-0.15, -0.1) is 0 Å². The average Bonchev–Trinajstić information content (AvgIpc) is 2.43. The van der Waals surface area contributed by atoms with Gasteiger partial charge in [0.2, 0.25) is 0 Å². The number of hydrogen-bond acceptors (Lipinski definition) is 3. The number of ether oxygens (including phenoxy) is 1. The van der Waals surface area contributed by atoms with Crippen molar-refractivity contribution < 1.29 is 4.74 Å². The molecule has 1 saturated carbocycles. The van der Waals surface area contributed by atoms with E-state index in [2.05, 4.69) is 32.3 Å². The van der Waals surface area contributed by atoms with Gasteiger partial charge in [-0.05, 0) is 51.2 Å². The smallest absolute Gasteiger partial charge is 0.0658 e. The molecule has 0 saturated heterocycles. The molecule has 3 heteroatoms. The van der Waals surface area contributed by atoms with Crippen LogP contribution in [-0.2, 0) is 4.74 Å². The van der Waals surface area contributed by atoms with Crippen molar-refractivity contribution in [2.45, 2.75) is 71.4 Å². The summed E-state index contributed by atoms with van der Waals surface area (Å²) in [5.41, 5.74) is 0.356. The van der Waals surface area contributed by atoms with E-state index in [4.69, 9.17) is 4.74 Å². The molecular weight excluding hydrogens is 254 g/mol. The number of hydrogen-bond donors (Lipinski definition) is 1. The molecule has 1 rings (SSSR count).